The van der Waals surface area contributed by atoms with E-state index in [1.807, 2.05) is 0 Å². The molecule has 9 heavy (non-hydrogen) atoms. The molecule has 1 aliphatic rings. The molecule has 0 radical (unpaired) electrons. The van der Waals surface area contributed by atoms with Gasteiger partial charge in [0.15, 0.2) is 0 Å². The maximum atomic E-state index is 2.62. The largest absolute Gasteiger partial charge is 0.0789 e. The SMILES string of the molecule is C[C@@H]1CCCCC1(C)I. The number of hydrogen-bond donors (Lipinski definition) is 0. The third kappa shape index (κ3) is 1.82. The van der Waals surface area contributed by atoms with Crippen molar-refractivity contribution < 1.29 is 0 Å². The zero-order chi connectivity index (χ0) is 6.91. The van der Waals surface area contributed by atoms with E-state index in [4.69, 9.17) is 0 Å². The van der Waals surface area contributed by atoms with Crippen molar-refractivity contribution in [3.63, 3.8) is 0 Å². The van der Waals surface area contributed by atoms with Gasteiger partial charge in [-0.25, -0.2) is 0 Å². The smallest absolute Gasteiger partial charge is 0.0219 e. The van der Waals surface area contributed by atoms with Gasteiger partial charge in [0.25, 0.3) is 0 Å². The van der Waals surface area contributed by atoms with E-state index in [-0.39, 0.29) is 0 Å². The van der Waals surface area contributed by atoms with Gasteiger partial charge in [0.2, 0.25) is 0 Å². The first-order chi connectivity index (χ1) is 4.13. The molecule has 0 aromatic rings. The van der Waals surface area contributed by atoms with Crippen molar-refractivity contribution in [2.75, 3.05) is 0 Å². The van der Waals surface area contributed by atoms with E-state index in [0.29, 0.717) is 3.42 Å². The lowest BCUT2D eigenvalue weighted by Crippen LogP contribution is -2.28. The molecule has 0 saturated heterocycles. The highest BCUT2D eigenvalue weighted by atomic mass is 127. The minimum absolute atomic E-state index is 0.607. The molecule has 0 bridgehead atoms. The monoisotopic (exact) mass is 238 g/mol. The summed E-state index contributed by atoms with van der Waals surface area (Å²) < 4.78 is 0.607. The number of alkyl halides is 1. The van der Waals surface area contributed by atoms with Crippen molar-refractivity contribution in [2.45, 2.75) is 43.0 Å². The Bertz CT molecular complexity index is 96.7. The topological polar surface area (TPSA) is 0 Å². The Morgan fingerprint density at radius 2 is 2.11 bits per heavy atom. The fourth-order valence-corrected chi connectivity index (χ4v) is 2.16. The van der Waals surface area contributed by atoms with Crippen LogP contribution in [-0.4, -0.2) is 3.42 Å². The van der Waals surface area contributed by atoms with Crippen LogP contribution in [0.15, 0.2) is 0 Å². The van der Waals surface area contributed by atoms with Gasteiger partial charge < -0.3 is 0 Å². The molecule has 1 unspecified atom stereocenters. The second-order valence-electron chi connectivity index (χ2n) is 3.42. The summed E-state index contributed by atoms with van der Waals surface area (Å²) in [5.41, 5.74) is 0. The molecule has 2 atom stereocenters. The van der Waals surface area contributed by atoms with Gasteiger partial charge in [-0.1, -0.05) is 49.3 Å². The van der Waals surface area contributed by atoms with Gasteiger partial charge in [0.1, 0.15) is 0 Å². The van der Waals surface area contributed by atoms with Crippen LogP contribution in [0, 0.1) is 5.92 Å². The van der Waals surface area contributed by atoms with Crippen LogP contribution in [0.25, 0.3) is 0 Å². The van der Waals surface area contributed by atoms with Crippen molar-refractivity contribution in [1.82, 2.24) is 0 Å². The van der Waals surface area contributed by atoms with Crippen molar-refractivity contribution in [3.8, 4) is 0 Å². The predicted molar refractivity (Wildman–Crippen MR) is 50.1 cm³/mol. The average Bonchev–Trinajstić information content (AvgIpc) is 1.77. The van der Waals surface area contributed by atoms with Crippen LogP contribution < -0.4 is 0 Å². The molecule has 54 valence electrons. The fourth-order valence-electron chi connectivity index (χ4n) is 1.47. The second-order valence-corrected chi connectivity index (χ2v) is 5.89. The number of rotatable bonds is 0. The molecule has 0 aromatic carbocycles. The van der Waals surface area contributed by atoms with Crippen LogP contribution in [0.5, 0.6) is 0 Å². The Balaban J connectivity index is 2.49. The summed E-state index contributed by atoms with van der Waals surface area (Å²) in [6, 6.07) is 0. The van der Waals surface area contributed by atoms with Gasteiger partial charge in [-0.3, -0.25) is 0 Å². The Labute approximate surface area is 71.5 Å². The molecule has 1 heteroatoms. The van der Waals surface area contributed by atoms with E-state index in [9.17, 15) is 0 Å². The molecule has 1 saturated carbocycles. The Hall–Kier alpha value is 0.730. The molecule has 1 aliphatic carbocycles. The Morgan fingerprint density at radius 1 is 1.44 bits per heavy atom. The summed E-state index contributed by atoms with van der Waals surface area (Å²) in [6.45, 7) is 4.77. The van der Waals surface area contributed by atoms with E-state index >= 15 is 0 Å². The van der Waals surface area contributed by atoms with Crippen molar-refractivity contribution in [3.05, 3.63) is 0 Å². The molecule has 0 amide bonds. The number of hydrogen-bond acceptors (Lipinski definition) is 0. The Kier molecular flexibility index (Phi) is 2.41. The van der Waals surface area contributed by atoms with Crippen molar-refractivity contribution in [2.24, 2.45) is 5.92 Å². The lowest BCUT2D eigenvalue weighted by molar-refractivity contribution is 0.328. The van der Waals surface area contributed by atoms with Crippen LogP contribution in [0.4, 0.5) is 0 Å². The van der Waals surface area contributed by atoms with Crippen LogP contribution in [-0.2, 0) is 0 Å². The summed E-state index contributed by atoms with van der Waals surface area (Å²) in [6.07, 6.45) is 5.78. The van der Waals surface area contributed by atoms with Crippen LogP contribution in [0.3, 0.4) is 0 Å². The summed E-state index contributed by atoms with van der Waals surface area (Å²) >= 11 is 2.62. The molecular weight excluding hydrogens is 223 g/mol. The van der Waals surface area contributed by atoms with Crippen LogP contribution in [0.1, 0.15) is 39.5 Å². The average molecular weight is 238 g/mol. The lowest BCUT2D eigenvalue weighted by atomic mass is 9.82. The highest BCUT2D eigenvalue weighted by molar-refractivity contribution is 14.1. The first-order valence-corrected chi connectivity index (χ1v) is 4.90. The summed E-state index contributed by atoms with van der Waals surface area (Å²) in [7, 11) is 0. The summed E-state index contributed by atoms with van der Waals surface area (Å²) in [4.78, 5) is 0. The zero-order valence-corrected chi connectivity index (χ0v) is 8.44. The summed E-state index contributed by atoms with van der Waals surface area (Å²) in [5, 5.41) is 0. The fraction of sp³-hybridized carbons (Fsp3) is 1.00. The van der Waals surface area contributed by atoms with E-state index < -0.39 is 0 Å². The molecule has 0 spiro atoms. The predicted octanol–water partition coefficient (Wildman–Crippen LogP) is 3.39. The van der Waals surface area contributed by atoms with Crippen LogP contribution >= 0.6 is 22.6 Å². The van der Waals surface area contributed by atoms with Gasteiger partial charge in [0, 0.05) is 3.42 Å². The third-order valence-electron chi connectivity index (χ3n) is 2.58. The molecular formula is C8H15I. The zero-order valence-electron chi connectivity index (χ0n) is 6.28. The van der Waals surface area contributed by atoms with E-state index in [1.54, 1.807) is 0 Å². The van der Waals surface area contributed by atoms with E-state index in [2.05, 4.69) is 36.4 Å². The quantitative estimate of drug-likeness (QED) is 0.448. The first-order valence-electron chi connectivity index (χ1n) is 3.82. The molecule has 0 N–H and O–H groups in total. The van der Waals surface area contributed by atoms with Gasteiger partial charge in [0.05, 0.1) is 0 Å². The maximum Gasteiger partial charge on any atom is 0.0219 e. The van der Waals surface area contributed by atoms with Gasteiger partial charge in [-0.2, -0.15) is 0 Å². The first kappa shape index (κ1) is 7.83. The van der Waals surface area contributed by atoms with Crippen molar-refractivity contribution >= 4 is 22.6 Å². The van der Waals surface area contributed by atoms with Gasteiger partial charge in [-0.05, 0) is 18.8 Å². The van der Waals surface area contributed by atoms with Crippen molar-refractivity contribution in [1.29, 1.82) is 0 Å². The minimum atomic E-state index is 0.607. The summed E-state index contributed by atoms with van der Waals surface area (Å²) in [5.74, 6) is 0.937. The highest BCUT2D eigenvalue weighted by Gasteiger charge is 2.29. The highest BCUT2D eigenvalue weighted by Crippen LogP contribution is 2.40. The van der Waals surface area contributed by atoms with E-state index in [1.165, 1.54) is 25.7 Å². The van der Waals surface area contributed by atoms with Crippen LogP contribution in [0.2, 0.25) is 0 Å². The van der Waals surface area contributed by atoms with Gasteiger partial charge >= 0.3 is 0 Å². The normalized spacial score (nSPS) is 45.0. The molecule has 0 nitrogen and oxygen atoms in total. The molecule has 0 aliphatic heterocycles. The molecule has 1 rings (SSSR count). The third-order valence-corrected chi connectivity index (χ3v) is 4.18. The second kappa shape index (κ2) is 2.77. The molecule has 1 fully saturated rings. The standard InChI is InChI=1S/C8H15I/c1-7-5-3-4-6-8(7,2)9/h7H,3-6H2,1-2H3/t7-,8?/m1/s1. The number of halogens is 1. The molecule has 0 heterocycles. The minimum Gasteiger partial charge on any atom is -0.0789 e. The molecule has 0 aromatic heterocycles. The Morgan fingerprint density at radius 3 is 2.44 bits per heavy atom. The maximum absolute atomic E-state index is 2.62. The van der Waals surface area contributed by atoms with E-state index in [0.717, 1.165) is 5.92 Å². The lowest BCUT2D eigenvalue weighted by Gasteiger charge is -2.34. The van der Waals surface area contributed by atoms with Gasteiger partial charge in [-0.15, -0.1) is 0 Å².